The van der Waals surface area contributed by atoms with Crippen molar-refractivity contribution in [3.8, 4) is 0 Å². The minimum Gasteiger partial charge on any atom is -0.341 e. The van der Waals surface area contributed by atoms with Crippen molar-refractivity contribution in [3.05, 3.63) is 59.7 Å². The predicted octanol–water partition coefficient (Wildman–Crippen LogP) is 5.03. The number of nitrogens with zero attached hydrogens (tertiary/aromatic N) is 6. The van der Waals surface area contributed by atoms with Gasteiger partial charge in [0.1, 0.15) is 0 Å². The monoisotopic (exact) mass is 426 g/mol. The number of hydrogen-bond donors (Lipinski definition) is 0. The van der Waals surface area contributed by atoms with Crippen molar-refractivity contribution in [1.82, 2.24) is 15.0 Å². The van der Waals surface area contributed by atoms with E-state index in [9.17, 15) is 0 Å². The van der Waals surface area contributed by atoms with Gasteiger partial charge in [-0.1, -0.05) is 36.4 Å². The maximum atomic E-state index is 5.08. The summed E-state index contributed by atoms with van der Waals surface area (Å²) in [7, 11) is 0. The molecule has 0 N–H and O–H groups in total. The molecule has 0 unspecified atom stereocenters. The Bertz CT molecular complexity index is 1030. The van der Waals surface area contributed by atoms with Crippen molar-refractivity contribution in [1.29, 1.82) is 0 Å². The van der Waals surface area contributed by atoms with Gasteiger partial charge in [0.25, 0.3) is 0 Å². The number of piperidine rings is 1. The Morgan fingerprint density at radius 1 is 0.500 bits per heavy atom. The lowest BCUT2D eigenvalue weighted by Crippen LogP contribution is -2.34. The first-order valence-electron chi connectivity index (χ1n) is 12.1. The molecule has 0 spiro atoms. The summed E-state index contributed by atoms with van der Waals surface area (Å²) in [5.74, 6) is 2.40. The van der Waals surface area contributed by atoms with E-state index < -0.39 is 0 Å². The number of rotatable bonds is 3. The minimum atomic E-state index is 0.783. The SMILES string of the molecule is c1ccc2c(c1)CCCN2c1nc(N2CCCCC2)nc(N2CCCc3ccccc32)n1. The van der Waals surface area contributed by atoms with Crippen LogP contribution in [0.3, 0.4) is 0 Å². The van der Waals surface area contributed by atoms with Gasteiger partial charge in [0.05, 0.1) is 0 Å². The average Bonchev–Trinajstić information content (AvgIpc) is 2.88. The summed E-state index contributed by atoms with van der Waals surface area (Å²) in [6.07, 6.45) is 8.16. The molecule has 3 aliphatic rings. The maximum Gasteiger partial charge on any atom is 0.236 e. The van der Waals surface area contributed by atoms with Crippen LogP contribution in [-0.4, -0.2) is 41.1 Å². The molecule has 4 heterocycles. The van der Waals surface area contributed by atoms with Crippen LogP contribution >= 0.6 is 0 Å². The Morgan fingerprint density at radius 2 is 1.00 bits per heavy atom. The summed E-state index contributed by atoms with van der Waals surface area (Å²) in [6, 6.07) is 17.4. The molecule has 164 valence electrons. The van der Waals surface area contributed by atoms with E-state index in [1.54, 1.807) is 0 Å². The first-order chi connectivity index (χ1) is 15.9. The predicted molar refractivity (Wildman–Crippen MR) is 129 cm³/mol. The Balaban J connectivity index is 1.46. The summed E-state index contributed by atoms with van der Waals surface area (Å²) in [4.78, 5) is 22.1. The van der Waals surface area contributed by atoms with E-state index in [-0.39, 0.29) is 0 Å². The van der Waals surface area contributed by atoms with Crippen LogP contribution < -0.4 is 14.7 Å². The molecule has 3 aliphatic heterocycles. The number of fused-ring (bicyclic) bond motifs is 2. The lowest BCUT2D eigenvalue weighted by molar-refractivity contribution is 0.566. The first kappa shape index (κ1) is 19.5. The number of para-hydroxylation sites is 2. The summed E-state index contributed by atoms with van der Waals surface area (Å²) < 4.78 is 0. The maximum absolute atomic E-state index is 5.08. The van der Waals surface area contributed by atoms with Gasteiger partial charge in [0.15, 0.2) is 0 Å². The number of hydrogen-bond acceptors (Lipinski definition) is 6. The standard InChI is InChI=1S/C26H30N6/c1-6-16-30(17-7-1)24-27-25(31-18-8-12-20-10-2-4-14-22(20)31)29-26(28-24)32-19-9-13-21-11-3-5-15-23(21)32/h2-5,10-11,14-15H,1,6-9,12-13,16-19H2. The molecule has 0 saturated carbocycles. The largest absolute Gasteiger partial charge is 0.341 e. The Labute approximate surface area is 189 Å². The van der Waals surface area contributed by atoms with Gasteiger partial charge in [0, 0.05) is 37.6 Å². The highest BCUT2D eigenvalue weighted by Gasteiger charge is 2.27. The second-order valence-electron chi connectivity index (χ2n) is 9.05. The van der Waals surface area contributed by atoms with Crippen LogP contribution in [0.5, 0.6) is 0 Å². The molecule has 0 bridgehead atoms. The smallest absolute Gasteiger partial charge is 0.236 e. The van der Waals surface area contributed by atoms with Crippen LogP contribution in [-0.2, 0) is 12.8 Å². The molecule has 3 aromatic rings. The van der Waals surface area contributed by atoms with E-state index in [1.807, 2.05) is 0 Å². The van der Waals surface area contributed by atoms with Crippen molar-refractivity contribution < 1.29 is 0 Å². The molecule has 6 nitrogen and oxygen atoms in total. The van der Waals surface area contributed by atoms with Crippen molar-refractivity contribution in [2.45, 2.75) is 44.9 Å². The molecule has 0 aliphatic carbocycles. The molecule has 1 saturated heterocycles. The van der Waals surface area contributed by atoms with E-state index in [1.165, 1.54) is 41.8 Å². The fourth-order valence-corrected chi connectivity index (χ4v) is 5.30. The quantitative estimate of drug-likeness (QED) is 0.585. The summed E-state index contributed by atoms with van der Waals surface area (Å²) >= 11 is 0. The molecule has 32 heavy (non-hydrogen) atoms. The van der Waals surface area contributed by atoms with E-state index >= 15 is 0 Å². The van der Waals surface area contributed by atoms with Gasteiger partial charge in [-0.25, -0.2) is 0 Å². The topological polar surface area (TPSA) is 48.4 Å². The van der Waals surface area contributed by atoms with Gasteiger partial charge in [0.2, 0.25) is 17.8 Å². The van der Waals surface area contributed by atoms with Crippen LogP contribution in [0.4, 0.5) is 29.2 Å². The van der Waals surface area contributed by atoms with Gasteiger partial charge >= 0.3 is 0 Å². The zero-order chi connectivity index (χ0) is 21.3. The van der Waals surface area contributed by atoms with Crippen molar-refractivity contribution in [2.75, 3.05) is 40.9 Å². The molecule has 2 aromatic carbocycles. The minimum absolute atomic E-state index is 0.783. The first-order valence-corrected chi connectivity index (χ1v) is 12.1. The van der Waals surface area contributed by atoms with Gasteiger partial charge in [-0.2, -0.15) is 15.0 Å². The normalized spacial score (nSPS) is 18.3. The molecule has 1 fully saturated rings. The molecule has 0 amide bonds. The van der Waals surface area contributed by atoms with Gasteiger partial charge < -0.3 is 14.7 Å². The third-order valence-electron chi connectivity index (χ3n) is 6.94. The van der Waals surface area contributed by atoms with E-state index in [2.05, 4.69) is 63.2 Å². The summed E-state index contributed by atoms with van der Waals surface area (Å²) in [5.41, 5.74) is 5.23. The molecular formula is C26H30N6. The number of aromatic nitrogens is 3. The Kier molecular flexibility index (Phi) is 5.13. The van der Waals surface area contributed by atoms with Crippen LogP contribution in [0.2, 0.25) is 0 Å². The highest BCUT2D eigenvalue weighted by molar-refractivity contribution is 5.68. The molecule has 1 aromatic heterocycles. The third-order valence-corrected chi connectivity index (χ3v) is 6.94. The zero-order valence-corrected chi connectivity index (χ0v) is 18.6. The second-order valence-corrected chi connectivity index (χ2v) is 9.05. The number of benzene rings is 2. The summed E-state index contributed by atoms with van der Waals surface area (Å²) in [5, 5.41) is 0. The fraction of sp³-hybridized carbons (Fsp3) is 0.423. The highest BCUT2D eigenvalue weighted by Crippen LogP contribution is 2.36. The van der Waals surface area contributed by atoms with Crippen LogP contribution in [0, 0.1) is 0 Å². The molecule has 0 atom stereocenters. The van der Waals surface area contributed by atoms with Crippen LogP contribution in [0.25, 0.3) is 0 Å². The van der Waals surface area contributed by atoms with E-state index in [0.717, 1.165) is 69.7 Å². The Morgan fingerprint density at radius 3 is 1.56 bits per heavy atom. The summed E-state index contributed by atoms with van der Waals surface area (Å²) in [6.45, 7) is 3.93. The van der Waals surface area contributed by atoms with Crippen molar-refractivity contribution >= 4 is 29.2 Å². The lowest BCUT2D eigenvalue weighted by atomic mass is 10.0. The van der Waals surface area contributed by atoms with Crippen LogP contribution in [0.1, 0.15) is 43.2 Å². The molecule has 6 rings (SSSR count). The van der Waals surface area contributed by atoms with Gasteiger partial charge in [-0.05, 0) is 68.2 Å². The highest BCUT2D eigenvalue weighted by atomic mass is 15.4. The average molecular weight is 427 g/mol. The van der Waals surface area contributed by atoms with Crippen LogP contribution in [0.15, 0.2) is 48.5 Å². The number of anilines is 5. The lowest BCUT2D eigenvalue weighted by Gasteiger charge is -2.34. The Hall–Kier alpha value is -3.15. The van der Waals surface area contributed by atoms with Gasteiger partial charge in [-0.3, -0.25) is 0 Å². The molecular weight excluding hydrogens is 396 g/mol. The van der Waals surface area contributed by atoms with Crippen molar-refractivity contribution in [3.63, 3.8) is 0 Å². The fourth-order valence-electron chi connectivity index (χ4n) is 5.30. The molecule has 0 radical (unpaired) electrons. The van der Waals surface area contributed by atoms with E-state index in [4.69, 9.17) is 15.0 Å². The third kappa shape index (κ3) is 3.57. The van der Waals surface area contributed by atoms with Gasteiger partial charge in [-0.15, -0.1) is 0 Å². The zero-order valence-electron chi connectivity index (χ0n) is 18.6. The second kappa shape index (κ2) is 8.41. The van der Waals surface area contributed by atoms with E-state index in [0.29, 0.717) is 0 Å². The molecule has 6 heteroatoms. The van der Waals surface area contributed by atoms with Crippen molar-refractivity contribution in [2.24, 2.45) is 0 Å². The number of aryl methyl sites for hydroxylation is 2.